The van der Waals surface area contributed by atoms with Crippen molar-refractivity contribution in [2.24, 2.45) is 50.2 Å². The fraction of sp³-hybridized carbons (Fsp3) is 0.935. The minimum atomic E-state index is -0.0953. The molecule has 5 aliphatic rings. The highest BCUT2D eigenvalue weighted by Gasteiger charge is 2.85. The highest BCUT2D eigenvalue weighted by molar-refractivity contribution is 5.34. The quantitative estimate of drug-likeness (QED) is 0.434. The van der Waals surface area contributed by atoms with Crippen molar-refractivity contribution in [3.8, 4) is 0 Å². The molecule has 0 aromatic heterocycles. The molecule has 5 saturated carbocycles. The van der Waals surface area contributed by atoms with E-state index in [1.165, 1.54) is 69.8 Å². The maximum atomic E-state index is 10.9. The lowest BCUT2D eigenvalue weighted by molar-refractivity contribution is -0.209. The average Bonchev–Trinajstić information content (AvgIpc) is 3.30. The normalized spacial score (nSPS) is 54.0. The molecule has 0 bridgehead atoms. The number of fused-ring (bicyclic) bond motifs is 2. The Balaban J connectivity index is 1.46. The maximum Gasteiger partial charge on any atom is 0.0594 e. The molecule has 5 fully saturated rings. The third-order valence-electron chi connectivity index (χ3n) is 13.9. The number of hydrogen-bond acceptors (Lipinski definition) is 1. The minimum absolute atomic E-state index is 0.0953. The van der Waals surface area contributed by atoms with Gasteiger partial charge in [0.05, 0.1) is 6.10 Å². The van der Waals surface area contributed by atoms with E-state index in [-0.39, 0.29) is 11.5 Å². The molecule has 0 radical (unpaired) electrons. The van der Waals surface area contributed by atoms with Gasteiger partial charge in [-0.15, -0.1) is 0 Å². The van der Waals surface area contributed by atoms with Crippen molar-refractivity contribution < 1.29 is 5.11 Å². The van der Waals surface area contributed by atoms with E-state index >= 15 is 0 Å². The number of hydrogen-bond donors (Lipinski definition) is 1. The molecule has 0 unspecified atom stereocenters. The number of aliphatic hydroxyl groups is 1. The molecule has 0 saturated heterocycles. The molecule has 32 heavy (non-hydrogen) atoms. The third-order valence-corrected chi connectivity index (χ3v) is 13.9. The van der Waals surface area contributed by atoms with Gasteiger partial charge in [-0.2, -0.15) is 0 Å². The van der Waals surface area contributed by atoms with E-state index in [1.54, 1.807) is 0 Å². The Labute approximate surface area is 199 Å². The fourth-order valence-electron chi connectivity index (χ4n) is 11.7. The molecule has 0 aromatic carbocycles. The second-order valence-electron chi connectivity index (χ2n) is 14.9. The highest BCUT2D eigenvalue weighted by Crippen LogP contribution is 2.92. The van der Waals surface area contributed by atoms with Crippen LogP contribution >= 0.6 is 0 Å². The van der Waals surface area contributed by atoms with Crippen LogP contribution in [-0.4, -0.2) is 11.2 Å². The summed E-state index contributed by atoms with van der Waals surface area (Å²) in [6.45, 7) is 20.1. The van der Waals surface area contributed by atoms with Crippen LogP contribution in [-0.2, 0) is 0 Å². The summed E-state index contributed by atoms with van der Waals surface area (Å²) in [4.78, 5) is 0. The predicted octanol–water partition coefficient (Wildman–Crippen LogP) is 8.56. The summed E-state index contributed by atoms with van der Waals surface area (Å²) < 4.78 is 0. The van der Waals surface area contributed by atoms with Crippen LogP contribution < -0.4 is 0 Å². The van der Waals surface area contributed by atoms with Gasteiger partial charge in [0.25, 0.3) is 0 Å². The molecule has 2 spiro atoms. The van der Waals surface area contributed by atoms with Gasteiger partial charge in [0, 0.05) is 0 Å². The van der Waals surface area contributed by atoms with E-state index in [1.807, 2.05) is 0 Å². The van der Waals surface area contributed by atoms with Gasteiger partial charge >= 0.3 is 0 Å². The van der Waals surface area contributed by atoms with E-state index < -0.39 is 0 Å². The topological polar surface area (TPSA) is 20.2 Å². The zero-order chi connectivity index (χ0) is 23.4. The van der Waals surface area contributed by atoms with Gasteiger partial charge in [0.1, 0.15) is 0 Å². The number of allylic oxidation sites excluding steroid dienone is 2. The van der Waals surface area contributed by atoms with Crippen molar-refractivity contribution in [2.45, 2.75) is 132 Å². The summed E-state index contributed by atoms with van der Waals surface area (Å²) in [5.74, 6) is 2.47. The first-order chi connectivity index (χ1) is 14.8. The van der Waals surface area contributed by atoms with Crippen LogP contribution in [0.1, 0.15) is 126 Å². The molecule has 5 rings (SSSR count). The van der Waals surface area contributed by atoms with Gasteiger partial charge in [-0.05, 0) is 135 Å². The van der Waals surface area contributed by atoms with E-state index in [2.05, 4.69) is 61.5 Å². The molecular formula is C31H52O. The Kier molecular flexibility index (Phi) is 5.05. The largest absolute Gasteiger partial charge is 0.393 e. The minimum Gasteiger partial charge on any atom is -0.393 e. The average molecular weight is 441 g/mol. The summed E-state index contributed by atoms with van der Waals surface area (Å²) >= 11 is 0. The van der Waals surface area contributed by atoms with Gasteiger partial charge in [0.15, 0.2) is 0 Å². The monoisotopic (exact) mass is 440 g/mol. The standard InChI is InChI=1S/C31H52O/c1-21(2)10-9-11-22(3)23-12-15-28(7)27(23,6)18-19-31-20-30(31)17-14-25(32)26(4,5)24(30)13-16-29(28,31)8/h10,22-25,32H,9,11-20H2,1-8H3/t22-,23+,24-,25-,27+,28+,29-,30+,31-/m0/s1. The second kappa shape index (κ2) is 6.89. The Hall–Kier alpha value is -0.300. The van der Waals surface area contributed by atoms with Crippen LogP contribution in [0.5, 0.6) is 0 Å². The Morgan fingerprint density at radius 1 is 0.906 bits per heavy atom. The molecule has 182 valence electrons. The van der Waals surface area contributed by atoms with Crippen LogP contribution in [0, 0.1) is 50.2 Å². The van der Waals surface area contributed by atoms with Crippen molar-refractivity contribution in [1.82, 2.24) is 0 Å². The summed E-state index contributed by atoms with van der Waals surface area (Å²) in [7, 11) is 0. The van der Waals surface area contributed by atoms with Crippen LogP contribution in [0.4, 0.5) is 0 Å². The Morgan fingerprint density at radius 3 is 2.28 bits per heavy atom. The molecule has 1 N–H and O–H groups in total. The molecular weight excluding hydrogens is 388 g/mol. The van der Waals surface area contributed by atoms with E-state index in [0.717, 1.165) is 24.2 Å². The smallest absolute Gasteiger partial charge is 0.0594 e. The molecule has 0 heterocycles. The first-order valence-corrected chi connectivity index (χ1v) is 14.1. The third kappa shape index (κ3) is 2.51. The number of rotatable bonds is 4. The lowest BCUT2D eigenvalue weighted by Crippen LogP contribution is -2.62. The van der Waals surface area contributed by atoms with E-state index in [0.29, 0.717) is 27.1 Å². The summed E-state index contributed by atoms with van der Waals surface area (Å²) in [5, 5.41) is 10.9. The first-order valence-electron chi connectivity index (χ1n) is 14.1. The first kappa shape index (κ1) is 23.4. The summed E-state index contributed by atoms with van der Waals surface area (Å²) in [6.07, 6.45) is 17.4. The van der Waals surface area contributed by atoms with Crippen molar-refractivity contribution in [3.05, 3.63) is 11.6 Å². The second-order valence-corrected chi connectivity index (χ2v) is 14.9. The Bertz CT molecular complexity index is 805. The predicted molar refractivity (Wildman–Crippen MR) is 135 cm³/mol. The van der Waals surface area contributed by atoms with E-state index in [4.69, 9.17) is 0 Å². The van der Waals surface area contributed by atoms with Crippen molar-refractivity contribution in [1.29, 1.82) is 0 Å². The van der Waals surface area contributed by atoms with Crippen molar-refractivity contribution in [2.75, 3.05) is 0 Å². The van der Waals surface area contributed by atoms with Crippen LogP contribution in [0.3, 0.4) is 0 Å². The number of aliphatic hydroxyl groups excluding tert-OH is 1. The molecule has 1 heteroatoms. The Morgan fingerprint density at radius 2 is 1.59 bits per heavy atom. The van der Waals surface area contributed by atoms with Crippen LogP contribution in [0.25, 0.3) is 0 Å². The zero-order valence-electron chi connectivity index (χ0n) is 22.6. The van der Waals surface area contributed by atoms with Crippen LogP contribution in [0.2, 0.25) is 0 Å². The fourth-order valence-corrected chi connectivity index (χ4v) is 11.7. The van der Waals surface area contributed by atoms with Gasteiger partial charge < -0.3 is 5.11 Å². The van der Waals surface area contributed by atoms with E-state index in [9.17, 15) is 5.11 Å². The molecule has 0 aromatic rings. The zero-order valence-corrected chi connectivity index (χ0v) is 22.6. The molecule has 9 atom stereocenters. The molecule has 1 nitrogen and oxygen atoms in total. The lowest BCUT2D eigenvalue weighted by Gasteiger charge is -2.68. The summed E-state index contributed by atoms with van der Waals surface area (Å²) in [6, 6.07) is 0. The maximum absolute atomic E-state index is 10.9. The molecule has 5 aliphatic carbocycles. The van der Waals surface area contributed by atoms with Crippen molar-refractivity contribution in [3.63, 3.8) is 0 Å². The summed E-state index contributed by atoms with van der Waals surface area (Å²) in [5.41, 5.74) is 4.14. The van der Waals surface area contributed by atoms with Gasteiger partial charge in [-0.3, -0.25) is 0 Å². The SMILES string of the molecule is CC(C)=CCC[C@H](C)[C@H]1CC[C@@]2(C)[C@]3(C)CC[C@H]4C(C)(C)[C@@H](O)CC[C@@]45C[C@]53CC[C@]12C. The van der Waals surface area contributed by atoms with Gasteiger partial charge in [-0.25, -0.2) is 0 Å². The van der Waals surface area contributed by atoms with Crippen LogP contribution in [0.15, 0.2) is 11.6 Å². The lowest BCUT2D eigenvalue weighted by atomic mass is 9.36. The van der Waals surface area contributed by atoms with Gasteiger partial charge in [-0.1, -0.05) is 53.2 Å². The van der Waals surface area contributed by atoms with Gasteiger partial charge in [0.2, 0.25) is 0 Å². The van der Waals surface area contributed by atoms with Crippen molar-refractivity contribution >= 4 is 0 Å². The highest BCUT2D eigenvalue weighted by atomic mass is 16.3. The molecule has 0 amide bonds. The molecule has 0 aliphatic heterocycles.